The van der Waals surface area contributed by atoms with Crippen LogP contribution in [0.5, 0.6) is 0 Å². The number of aromatic nitrogens is 1. The fourth-order valence-corrected chi connectivity index (χ4v) is 3.60. The van der Waals surface area contributed by atoms with Gasteiger partial charge in [0.1, 0.15) is 0 Å². The Hall–Kier alpha value is -0.450. The molecule has 4 heteroatoms. The van der Waals surface area contributed by atoms with Gasteiger partial charge >= 0.3 is 0 Å². The zero-order valence-corrected chi connectivity index (χ0v) is 13.2. The van der Waals surface area contributed by atoms with Crippen LogP contribution in [0.1, 0.15) is 57.7 Å². The van der Waals surface area contributed by atoms with E-state index in [1.165, 1.54) is 0 Å². The van der Waals surface area contributed by atoms with E-state index in [1.54, 1.807) is 11.3 Å². The maximum atomic E-state index is 10.7. The van der Waals surface area contributed by atoms with Gasteiger partial charge < -0.3 is 9.84 Å². The minimum Gasteiger partial charge on any atom is -0.389 e. The van der Waals surface area contributed by atoms with E-state index in [-0.39, 0.29) is 11.5 Å². The largest absolute Gasteiger partial charge is 0.389 e. The average Bonchev–Trinajstić information content (AvgIpc) is 2.76. The van der Waals surface area contributed by atoms with Gasteiger partial charge in [-0.05, 0) is 6.42 Å². The van der Waals surface area contributed by atoms with Gasteiger partial charge in [-0.1, -0.05) is 27.7 Å². The summed E-state index contributed by atoms with van der Waals surface area (Å²) in [7, 11) is 0. The molecule has 2 atom stereocenters. The standard InChI is InChI=1S/C15H25NO2S/c1-5-11-8-15(17,6-7-18-11)9-13-16-12(10-19-13)14(2,3)4/h10-11,17H,5-9H2,1-4H3. The molecule has 0 radical (unpaired) electrons. The molecule has 1 aliphatic heterocycles. The molecule has 0 amide bonds. The van der Waals surface area contributed by atoms with Crippen molar-refractivity contribution in [1.82, 2.24) is 4.98 Å². The normalized spacial score (nSPS) is 28.6. The van der Waals surface area contributed by atoms with Crippen LogP contribution < -0.4 is 0 Å². The lowest BCUT2D eigenvalue weighted by atomic mass is 9.86. The third kappa shape index (κ3) is 3.77. The zero-order chi connectivity index (χ0) is 14.1. The third-order valence-corrected chi connectivity index (χ3v) is 4.63. The molecular weight excluding hydrogens is 258 g/mol. The molecule has 0 aliphatic carbocycles. The van der Waals surface area contributed by atoms with Crippen LogP contribution in [0.15, 0.2) is 5.38 Å². The summed E-state index contributed by atoms with van der Waals surface area (Å²) < 4.78 is 5.64. The van der Waals surface area contributed by atoms with Gasteiger partial charge in [-0.25, -0.2) is 4.98 Å². The second-order valence-electron chi connectivity index (χ2n) is 6.63. The van der Waals surface area contributed by atoms with Crippen molar-refractivity contribution >= 4 is 11.3 Å². The van der Waals surface area contributed by atoms with Gasteiger partial charge in [-0.15, -0.1) is 11.3 Å². The molecule has 2 heterocycles. The highest BCUT2D eigenvalue weighted by atomic mass is 32.1. The second-order valence-corrected chi connectivity index (χ2v) is 7.58. The Morgan fingerprint density at radius 3 is 2.84 bits per heavy atom. The second kappa shape index (κ2) is 5.51. The zero-order valence-electron chi connectivity index (χ0n) is 12.4. The summed E-state index contributed by atoms with van der Waals surface area (Å²) in [6, 6.07) is 0. The van der Waals surface area contributed by atoms with Crippen LogP contribution in [0, 0.1) is 0 Å². The van der Waals surface area contributed by atoms with Crippen molar-refractivity contribution in [3.63, 3.8) is 0 Å². The van der Waals surface area contributed by atoms with Crippen LogP contribution in [0.3, 0.4) is 0 Å². The lowest BCUT2D eigenvalue weighted by Gasteiger charge is -2.36. The summed E-state index contributed by atoms with van der Waals surface area (Å²) in [5, 5.41) is 13.9. The number of ether oxygens (including phenoxy) is 1. The topological polar surface area (TPSA) is 42.4 Å². The van der Waals surface area contributed by atoms with Crippen molar-refractivity contribution < 1.29 is 9.84 Å². The van der Waals surface area contributed by atoms with E-state index in [9.17, 15) is 5.11 Å². The lowest BCUT2D eigenvalue weighted by Crippen LogP contribution is -2.42. The highest BCUT2D eigenvalue weighted by molar-refractivity contribution is 7.09. The van der Waals surface area contributed by atoms with Crippen LogP contribution in [-0.4, -0.2) is 28.4 Å². The first-order valence-electron chi connectivity index (χ1n) is 7.11. The average molecular weight is 283 g/mol. The maximum absolute atomic E-state index is 10.7. The molecule has 0 aromatic carbocycles. The molecule has 3 nitrogen and oxygen atoms in total. The molecule has 0 saturated carbocycles. The fraction of sp³-hybridized carbons (Fsp3) is 0.800. The molecule has 1 saturated heterocycles. The number of hydrogen-bond donors (Lipinski definition) is 1. The molecule has 108 valence electrons. The monoisotopic (exact) mass is 283 g/mol. The van der Waals surface area contributed by atoms with Crippen molar-refractivity contribution in [2.75, 3.05) is 6.61 Å². The predicted octanol–water partition coefficient (Wildman–Crippen LogP) is 3.30. The molecular formula is C15H25NO2S. The summed E-state index contributed by atoms with van der Waals surface area (Å²) in [5.41, 5.74) is 0.570. The van der Waals surface area contributed by atoms with Crippen molar-refractivity contribution in [2.45, 2.75) is 70.5 Å². The summed E-state index contributed by atoms with van der Waals surface area (Å²) in [6.07, 6.45) is 3.27. The molecule has 1 aliphatic rings. The summed E-state index contributed by atoms with van der Waals surface area (Å²) in [6.45, 7) is 9.27. The number of aliphatic hydroxyl groups is 1. The highest BCUT2D eigenvalue weighted by Crippen LogP contribution is 2.32. The van der Waals surface area contributed by atoms with Gasteiger partial charge in [0.05, 0.1) is 22.4 Å². The molecule has 1 aromatic heterocycles. The van der Waals surface area contributed by atoms with E-state index in [4.69, 9.17) is 4.74 Å². The van der Waals surface area contributed by atoms with Crippen molar-refractivity contribution in [3.05, 3.63) is 16.1 Å². The van der Waals surface area contributed by atoms with Crippen LogP contribution in [0.25, 0.3) is 0 Å². The first-order chi connectivity index (χ1) is 8.82. The van der Waals surface area contributed by atoms with E-state index >= 15 is 0 Å². The lowest BCUT2D eigenvalue weighted by molar-refractivity contribution is -0.103. The van der Waals surface area contributed by atoms with Crippen LogP contribution in [-0.2, 0) is 16.6 Å². The Morgan fingerprint density at radius 2 is 2.26 bits per heavy atom. The quantitative estimate of drug-likeness (QED) is 0.925. The van der Waals surface area contributed by atoms with Crippen molar-refractivity contribution in [1.29, 1.82) is 0 Å². The fourth-order valence-electron chi connectivity index (χ4n) is 2.44. The van der Waals surface area contributed by atoms with Crippen LogP contribution >= 0.6 is 11.3 Å². The van der Waals surface area contributed by atoms with Gasteiger partial charge in [-0.2, -0.15) is 0 Å². The van der Waals surface area contributed by atoms with E-state index in [0.717, 1.165) is 23.5 Å². The predicted molar refractivity (Wildman–Crippen MR) is 78.7 cm³/mol. The molecule has 0 bridgehead atoms. The minimum absolute atomic E-state index is 0.0823. The molecule has 1 fully saturated rings. The summed E-state index contributed by atoms with van der Waals surface area (Å²) >= 11 is 1.67. The Labute approximate surface area is 120 Å². The maximum Gasteiger partial charge on any atom is 0.0957 e. The molecule has 0 spiro atoms. The SMILES string of the molecule is CCC1CC(O)(Cc2nc(C(C)(C)C)cs2)CCO1. The van der Waals surface area contributed by atoms with Gasteiger partial charge in [0.25, 0.3) is 0 Å². The minimum atomic E-state index is -0.633. The molecule has 2 rings (SSSR count). The van der Waals surface area contributed by atoms with Crippen LogP contribution in [0.2, 0.25) is 0 Å². The van der Waals surface area contributed by atoms with E-state index in [0.29, 0.717) is 19.4 Å². The summed E-state index contributed by atoms with van der Waals surface area (Å²) in [4.78, 5) is 4.69. The van der Waals surface area contributed by atoms with Gasteiger partial charge in [-0.3, -0.25) is 0 Å². The first-order valence-corrected chi connectivity index (χ1v) is 7.99. The van der Waals surface area contributed by atoms with E-state index in [1.807, 2.05) is 0 Å². The van der Waals surface area contributed by atoms with Gasteiger partial charge in [0.15, 0.2) is 0 Å². The number of nitrogens with zero attached hydrogens (tertiary/aromatic N) is 1. The smallest absolute Gasteiger partial charge is 0.0957 e. The van der Waals surface area contributed by atoms with E-state index < -0.39 is 5.60 Å². The highest BCUT2D eigenvalue weighted by Gasteiger charge is 2.35. The van der Waals surface area contributed by atoms with Crippen LogP contribution in [0.4, 0.5) is 0 Å². The Balaban J connectivity index is 2.05. The Kier molecular flexibility index (Phi) is 4.33. The van der Waals surface area contributed by atoms with Gasteiger partial charge in [0, 0.05) is 36.7 Å². The molecule has 19 heavy (non-hydrogen) atoms. The Morgan fingerprint density at radius 1 is 1.53 bits per heavy atom. The van der Waals surface area contributed by atoms with E-state index in [2.05, 4.69) is 38.1 Å². The van der Waals surface area contributed by atoms with Crippen molar-refractivity contribution in [2.24, 2.45) is 0 Å². The number of thiazole rings is 1. The summed E-state index contributed by atoms with van der Waals surface area (Å²) in [5.74, 6) is 0. The molecule has 1 N–H and O–H groups in total. The molecule has 1 aromatic rings. The van der Waals surface area contributed by atoms with Gasteiger partial charge in [0.2, 0.25) is 0 Å². The first kappa shape index (κ1) is 14.9. The number of rotatable bonds is 3. The number of hydrogen-bond acceptors (Lipinski definition) is 4. The Bertz CT molecular complexity index is 424. The van der Waals surface area contributed by atoms with Crippen molar-refractivity contribution in [3.8, 4) is 0 Å². The third-order valence-electron chi connectivity index (χ3n) is 3.78. The molecule has 2 unspecified atom stereocenters.